The molecule has 0 aromatic heterocycles. The summed E-state index contributed by atoms with van der Waals surface area (Å²) < 4.78 is 25.7. The number of hydrogen-bond acceptors (Lipinski definition) is 4. The molecule has 0 unspecified atom stereocenters. The molecule has 19 heavy (non-hydrogen) atoms. The molecule has 1 aromatic rings. The summed E-state index contributed by atoms with van der Waals surface area (Å²) in [5, 5.41) is 3.27. The molecule has 1 aliphatic rings. The van der Waals surface area contributed by atoms with Crippen LogP contribution in [0.15, 0.2) is 29.2 Å². The van der Waals surface area contributed by atoms with E-state index in [2.05, 4.69) is 21.9 Å². The van der Waals surface area contributed by atoms with Gasteiger partial charge >= 0.3 is 0 Å². The molecule has 1 aromatic carbocycles. The molecule has 2 N–H and O–H groups in total. The van der Waals surface area contributed by atoms with Gasteiger partial charge in [-0.05, 0) is 37.7 Å². The number of benzene rings is 1. The van der Waals surface area contributed by atoms with Gasteiger partial charge in [-0.15, -0.1) is 0 Å². The smallest absolute Gasteiger partial charge is 0.240 e. The Labute approximate surface area is 115 Å². The molecule has 0 radical (unpaired) electrons. The van der Waals surface area contributed by atoms with Crippen molar-refractivity contribution in [3.8, 4) is 0 Å². The monoisotopic (exact) mass is 283 g/mol. The van der Waals surface area contributed by atoms with E-state index in [1.165, 1.54) is 7.05 Å². The van der Waals surface area contributed by atoms with Gasteiger partial charge in [0, 0.05) is 25.3 Å². The molecule has 0 spiro atoms. The van der Waals surface area contributed by atoms with Crippen molar-refractivity contribution in [3.05, 3.63) is 24.3 Å². The van der Waals surface area contributed by atoms with Gasteiger partial charge in [-0.3, -0.25) is 0 Å². The van der Waals surface area contributed by atoms with Crippen molar-refractivity contribution < 1.29 is 8.42 Å². The van der Waals surface area contributed by atoms with Crippen molar-refractivity contribution >= 4 is 15.7 Å². The van der Waals surface area contributed by atoms with Crippen molar-refractivity contribution in [2.75, 3.05) is 31.6 Å². The lowest BCUT2D eigenvalue weighted by Crippen LogP contribution is -2.57. The van der Waals surface area contributed by atoms with Crippen LogP contribution in [0.2, 0.25) is 0 Å². The molecule has 106 valence electrons. The first-order valence-electron chi connectivity index (χ1n) is 6.59. The highest BCUT2D eigenvalue weighted by Crippen LogP contribution is 2.21. The standard InChI is InChI=1S/C13H21N3O2S/c1-3-8-16(12-9-15-10-12)11-4-6-13(7-5-11)19(17,18)14-2/h4-7,12,14-15H,3,8-10H2,1-2H3. The second kappa shape index (κ2) is 5.90. The number of nitrogens with zero attached hydrogens (tertiary/aromatic N) is 1. The molecule has 5 nitrogen and oxygen atoms in total. The lowest BCUT2D eigenvalue weighted by molar-refractivity contribution is 0.412. The van der Waals surface area contributed by atoms with Crippen molar-refractivity contribution in [1.82, 2.24) is 10.0 Å². The highest BCUT2D eigenvalue weighted by Gasteiger charge is 2.24. The molecule has 0 aliphatic carbocycles. The largest absolute Gasteiger partial charge is 0.366 e. The van der Waals surface area contributed by atoms with Gasteiger partial charge in [0.1, 0.15) is 0 Å². The van der Waals surface area contributed by atoms with Gasteiger partial charge in [-0.25, -0.2) is 13.1 Å². The molecule has 6 heteroatoms. The first-order chi connectivity index (χ1) is 9.08. The SMILES string of the molecule is CCCN(c1ccc(S(=O)(=O)NC)cc1)C1CNC1. The summed E-state index contributed by atoms with van der Waals surface area (Å²) in [5.41, 5.74) is 1.09. The van der Waals surface area contributed by atoms with Crippen LogP contribution >= 0.6 is 0 Å². The first-order valence-corrected chi connectivity index (χ1v) is 8.07. The summed E-state index contributed by atoms with van der Waals surface area (Å²) in [7, 11) is -1.92. The van der Waals surface area contributed by atoms with Crippen LogP contribution in [0.3, 0.4) is 0 Å². The Balaban J connectivity index is 2.20. The molecule has 1 heterocycles. The Morgan fingerprint density at radius 3 is 2.37 bits per heavy atom. The van der Waals surface area contributed by atoms with Gasteiger partial charge in [0.05, 0.1) is 10.9 Å². The third kappa shape index (κ3) is 3.08. The molecule has 2 rings (SSSR count). The minimum absolute atomic E-state index is 0.307. The Hall–Kier alpha value is -1.11. The third-order valence-corrected chi connectivity index (χ3v) is 4.84. The minimum atomic E-state index is -3.35. The lowest BCUT2D eigenvalue weighted by atomic mass is 10.1. The van der Waals surface area contributed by atoms with Gasteiger partial charge in [-0.1, -0.05) is 6.92 Å². The Morgan fingerprint density at radius 2 is 1.95 bits per heavy atom. The van der Waals surface area contributed by atoms with Crippen molar-refractivity contribution in [2.45, 2.75) is 24.3 Å². The number of rotatable bonds is 6. The van der Waals surface area contributed by atoms with E-state index < -0.39 is 10.0 Å². The van der Waals surface area contributed by atoms with E-state index in [9.17, 15) is 8.42 Å². The minimum Gasteiger partial charge on any atom is -0.366 e. The third-order valence-electron chi connectivity index (χ3n) is 3.41. The number of hydrogen-bond donors (Lipinski definition) is 2. The van der Waals surface area contributed by atoms with E-state index >= 15 is 0 Å². The normalized spacial score (nSPS) is 16.1. The fourth-order valence-electron chi connectivity index (χ4n) is 2.19. The summed E-state index contributed by atoms with van der Waals surface area (Å²) in [5.74, 6) is 0. The van der Waals surface area contributed by atoms with E-state index in [1.54, 1.807) is 12.1 Å². The van der Waals surface area contributed by atoms with Crippen LogP contribution in [0.25, 0.3) is 0 Å². The van der Waals surface area contributed by atoms with Crippen LogP contribution in [0.4, 0.5) is 5.69 Å². The summed E-state index contributed by atoms with van der Waals surface area (Å²) >= 11 is 0. The summed E-state index contributed by atoms with van der Waals surface area (Å²) in [4.78, 5) is 2.65. The quantitative estimate of drug-likeness (QED) is 0.810. The van der Waals surface area contributed by atoms with Gasteiger partial charge in [0.2, 0.25) is 10.0 Å². The van der Waals surface area contributed by atoms with E-state index in [0.717, 1.165) is 31.7 Å². The van der Waals surface area contributed by atoms with Gasteiger partial charge in [0.15, 0.2) is 0 Å². The summed E-state index contributed by atoms with van der Waals surface area (Å²) in [6, 6.07) is 7.62. The van der Waals surface area contributed by atoms with Crippen LogP contribution < -0.4 is 14.9 Å². The van der Waals surface area contributed by atoms with E-state index in [-0.39, 0.29) is 0 Å². The Morgan fingerprint density at radius 1 is 1.32 bits per heavy atom. The van der Waals surface area contributed by atoms with Crippen LogP contribution in [0.1, 0.15) is 13.3 Å². The fraction of sp³-hybridized carbons (Fsp3) is 0.538. The number of anilines is 1. The van der Waals surface area contributed by atoms with E-state index in [4.69, 9.17) is 0 Å². The Kier molecular flexibility index (Phi) is 4.44. The molecule has 1 saturated heterocycles. The predicted molar refractivity (Wildman–Crippen MR) is 77.0 cm³/mol. The zero-order valence-electron chi connectivity index (χ0n) is 11.4. The average Bonchev–Trinajstić information content (AvgIpc) is 2.36. The maximum Gasteiger partial charge on any atom is 0.240 e. The first kappa shape index (κ1) is 14.3. The lowest BCUT2D eigenvalue weighted by Gasteiger charge is -2.39. The number of sulfonamides is 1. The molecule has 0 amide bonds. The molecule has 0 atom stereocenters. The zero-order chi connectivity index (χ0) is 13.9. The second-order valence-electron chi connectivity index (χ2n) is 4.71. The second-order valence-corrected chi connectivity index (χ2v) is 6.59. The molecule has 0 bridgehead atoms. The Bertz CT molecular complexity index is 509. The van der Waals surface area contributed by atoms with Crippen molar-refractivity contribution in [1.29, 1.82) is 0 Å². The van der Waals surface area contributed by atoms with Crippen molar-refractivity contribution in [2.24, 2.45) is 0 Å². The highest BCUT2D eigenvalue weighted by atomic mass is 32.2. The number of nitrogens with one attached hydrogen (secondary N) is 2. The molecule has 1 fully saturated rings. The molecular weight excluding hydrogens is 262 g/mol. The molecule has 0 saturated carbocycles. The zero-order valence-corrected chi connectivity index (χ0v) is 12.2. The van der Waals surface area contributed by atoms with Crippen molar-refractivity contribution in [3.63, 3.8) is 0 Å². The topological polar surface area (TPSA) is 61.4 Å². The molecular formula is C13H21N3O2S. The summed E-state index contributed by atoms with van der Waals surface area (Å²) in [6.45, 7) is 5.14. The van der Waals surface area contributed by atoms with Crippen LogP contribution in [-0.2, 0) is 10.0 Å². The van der Waals surface area contributed by atoms with Gasteiger partial charge < -0.3 is 10.2 Å². The van der Waals surface area contributed by atoms with Gasteiger partial charge in [0.25, 0.3) is 0 Å². The average molecular weight is 283 g/mol. The van der Waals surface area contributed by atoms with Crippen LogP contribution in [0, 0.1) is 0 Å². The maximum absolute atomic E-state index is 11.7. The van der Waals surface area contributed by atoms with Crippen LogP contribution in [0.5, 0.6) is 0 Å². The fourth-order valence-corrected chi connectivity index (χ4v) is 2.92. The summed E-state index contributed by atoms with van der Waals surface area (Å²) in [6.07, 6.45) is 1.08. The highest BCUT2D eigenvalue weighted by molar-refractivity contribution is 7.89. The molecule has 1 aliphatic heterocycles. The van der Waals surface area contributed by atoms with E-state index in [1.807, 2.05) is 12.1 Å². The van der Waals surface area contributed by atoms with Crippen LogP contribution in [-0.4, -0.2) is 41.1 Å². The van der Waals surface area contributed by atoms with E-state index in [0.29, 0.717) is 10.9 Å². The predicted octanol–water partition coefficient (Wildman–Crippen LogP) is 0.783. The maximum atomic E-state index is 11.7. The van der Waals surface area contributed by atoms with Gasteiger partial charge in [-0.2, -0.15) is 0 Å².